The number of hydrogen-bond donors (Lipinski definition) is 1. The third-order valence-corrected chi connectivity index (χ3v) is 8.26. The number of urea groups is 1. The highest BCUT2D eigenvalue weighted by Gasteiger charge is 2.26. The zero-order valence-corrected chi connectivity index (χ0v) is 22.3. The van der Waals surface area contributed by atoms with Crippen LogP contribution in [-0.4, -0.2) is 78.2 Å². The highest BCUT2D eigenvalue weighted by molar-refractivity contribution is 7.14. The van der Waals surface area contributed by atoms with Crippen molar-refractivity contribution in [3.63, 3.8) is 0 Å². The van der Waals surface area contributed by atoms with Crippen molar-refractivity contribution < 1.29 is 4.79 Å². The molecule has 5 heterocycles. The average molecular weight is 539 g/mol. The molecule has 0 spiro atoms. The number of benzene rings is 1. The molecule has 2 amide bonds. The van der Waals surface area contributed by atoms with Crippen LogP contribution in [0.3, 0.4) is 0 Å². The third kappa shape index (κ3) is 5.45. The molecule has 1 aromatic carbocycles. The SMILES string of the molecule is O=C(Nc1nc(-c2ccc(Cl)cc2)cs1)N1CCN(c2nc(N3CCCC3)cc(N3CCCC3)n2)CC1. The van der Waals surface area contributed by atoms with Crippen LogP contribution in [0, 0.1) is 0 Å². The van der Waals surface area contributed by atoms with Crippen LogP contribution >= 0.6 is 22.9 Å². The van der Waals surface area contributed by atoms with Crippen molar-refractivity contribution in [1.29, 1.82) is 0 Å². The van der Waals surface area contributed by atoms with E-state index >= 15 is 0 Å². The van der Waals surface area contributed by atoms with Gasteiger partial charge in [0.05, 0.1) is 5.69 Å². The lowest BCUT2D eigenvalue weighted by molar-refractivity contribution is 0.208. The van der Waals surface area contributed by atoms with Crippen molar-refractivity contribution in [3.05, 3.63) is 40.7 Å². The Balaban J connectivity index is 1.10. The van der Waals surface area contributed by atoms with Crippen LogP contribution in [0.4, 0.5) is 27.5 Å². The molecule has 0 bridgehead atoms. The molecule has 11 heteroatoms. The normalized spacial score (nSPS) is 18.1. The fourth-order valence-electron chi connectivity index (χ4n) is 5.13. The van der Waals surface area contributed by atoms with Crippen LogP contribution in [-0.2, 0) is 0 Å². The Morgan fingerprint density at radius 1 is 0.784 bits per heavy atom. The van der Waals surface area contributed by atoms with Gasteiger partial charge in [0, 0.05) is 74.4 Å². The molecule has 37 heavy (non-hydrogen) atoms. The second kappa shape index (κ2) is 10.7. The first-order valence-corrected chi connectivity index (χ1v) is 14.3. The van der Waals surface area contributed by atoms with Gasteiger partial charge >= 0.3 is 6.03 Å². The van der Waals surface area contributed by atoms with E-state index in [0.29, 0.717) is 36.3 Å². The smallest absolute Gasteiger partial charge is 0.323 e. The number of carbonyl (C=O) groups is 1. The van der Waals surface area contributed by atoms with Crippen LogP contribution in [0.5, 0.6) is 0 Å². The molecule has 0 atom stereocenters. The molecule has 0 saturated carbocycles. The highest BCUT2D eigenvalue weighted by Crippen LogP contribution is 2.29. The summed E-state index contributed by atoms with van der Waals surface area (Å²) in [5, 5.41) is 6.19. The maximum absolute atomic E-state index is 13.0. The predicted octanol–water partition coefficient (Wildman–Crippen LogP) is 4.81. The Bertz CT molecular complexity index is 1200. The number of nitrogens with one attached hydrogen (secondary N) is 1. The summed E-state index contributed by atoms with van der Waals surface area (Å²) in [6.45, 7) is 6.84. The number of thiazole rings is 1. The molecule has 194 valence electrons. The monoisotopic (exact) mass is 538 g/mol. The molecule has 0 aliphatic carbocycles. The van der Waals surface area contributed by atoms with Gasteiger partial charge in [-0.25, -0.2) is 9.78 Å². The summed E-state index contributed by atoms with van der Waals surface area (Å²) in [7, 11) is 0. The van der Waals surface area contributed by atoms with Crippen molar-refractivity contribution in [2.75, 3.05) is 72.4 Å². The van der Waals surface area contributed by atoms with Crippen molar-refractivity contribution >= 4 is 51.7 Å². The summed E-state index contributed by atoms with van der Waals surface area (Å²) >= 11 is 7.41. The number of rotatable bonds is 5. The van der Waals surface area contributed by atoms with Gasteiger partial charge in [-0.1, -0.05) is 23.7 Å². The molecule has 0 radical (unpaired) electrons. The van der Waals surface area contributed by atoms with E-state index in [1.807, 2.05) is 34.5 Å². The molecular formula is C26H31ClN8OS. The van der Waals surface area contributed by atoms with Crippen LogP contribution in [0.15, 0.2) is 35.7 Å². The topological polar surface area (TPSA) is 80.7 Å². The fourth-order valence-corrected chi connectivity index (χ4v) is 5.97. The number of nitrogens with zero attached hydrogens (tertiary/aromatic N) is 7. The van der Waals surface area contributed by atoms with Gasteiger partial charge in [-0.15, -0.1) is 11.3 Å². The van der Waals surface area contributed by atoms with E-state index in [-0.39, 0.29) is 6.03 Å². The number of amides is 2. The van der Waals surface area contributed by atoms with Crippen LogP contribution < -0.4 is 20.0 Å². The van der Waals surface area contributed by atoms with E-state index in [2.05, 4.69) is 31.1 Å². The van der Waals surface area contributed by atoms with E-state index in [9.17, 15) is 4.79 Å². The van der Waals surface area contributed by atoms with Crippen molar-refractivity contribution in [2.45, 2.75) is 25.7 Å². The standard InChI is InChI=1S/C26H31ClN8OS/c27-20-7-5-19(6-8-20)21-18-37-25(28-21)31-26(36)35-15-13-34(14-16-35)24-29-22(32-9-1-2-10-32)17-23(30-24)33-11-3-4-12-33/h5-8,17-18H,1-4,9-16H2,(H,28,31,36). The lowest BCUT2D eigenvalue weighted by atomic mass is 10.2. The molecule has 3 aliphatic heterocycles. The lowest BCUT2D eigenvalue weighted by Crippen LogP contribution is -2.50. The second-order valence-electron chi connectivity index (χ2n) is 9.72. The molecule has 3 fully saturated rings. The van der Waals surface area contributed by atoms with Crippen molar-refractivity contribution in [3.8, 4) is 11.3 Å². The largest absolute Gasteiger partial charge is 0.356 e. The summed E-state index contributed by atoms with van der Waals surface area (Å²) in [6.07, 6.45) is 4.86. The van der Waals surface area contributed by atoms with Gasteiger partial charge in [0.2, 0.25) is 5.95 Å². The first-order chi connectivity index (χ1) is 18.1. The van der Waals surface area contributed by atoms with Gasteiger partial charge in [-0.2, -0.15) is 9.97 Å². The highest BCUT2D eigenvalue weighted by atomic mass is 35.5. The summed E-state index contributed by atoms with van der Waals surface area (Å²) in [4.78, 5) is 36.3. The van der Waals surface area contributed by atoms with E-state index in [1.54, 1.807) is 0 Å². The predicted molar refractivity (Wildman–Crippen MR) is 150 cm³/mol. The maximum Gasteiger partial charge on any atom is 0.323 e. The Kier molecular flexibility index (Phi) is 7.01. The fraction of sp³-hybridized carbons (Fsp3) is 0.462. The number of anilines is 4. The number of aromatic nitrogens is 3. The van der Waals surface area contributed by atoms with E-state index < -0.39 is 0 Å². The van der Waals surface area contributed by atoms with Crippen molar-refractivity contribution in [1.82, 2.24) is 19.9 Å². The van der Waals surface area contributed by atoms with Gasteiger partial charge in [0.1, 0.15) is 11.6 Å². The van der Waals surface area contributed by atoms with Gasteiger partial charge < -0.3 is 19.6 Å². The molecule has 0 unspecified atom stereocenters. The van der Waals surface area contributed by atoms with E-state index in [4.69, 9.17) is 21.6 Å². The Labute approximate surface area is 226 Å². The molecule has 9 nitrogen and oxygen atoms in total. The average Bonchev–Trinajstić information content (AvgIpc) is 3.72. The maximum atomic E-state index is 13.0. The molecule has 1 N–H and O–H groups in total. The first-order valence-electron chi connectivity index (χ1n) is 13.0. The second-order valence-corrected chi connectivity index (χ2v) is 11.0. The van der Waals surface area contributed by atoms with Crippen LogP contribution in [0.2, 0.25) is 5.02 Å². The summed E-state index contributed by atoms with van der Waals surface area (Å²) in [6, 6.07) is 9.58. The van der Waals surface area contributed by atoms with Crippen LogP contribution in [0.25, 0.3) is 11.3 Å². The zero-order chi connectivity index (χ0) is 25.2. The lowest BCUT2D eigenvalue weighted by Gasteiger charge is -2.35. The molecule has 3 aliphatic rings. The zero-order valence-electron chi connectivity index (χ0n) is 20.8. The Morgan fingerprint density at radius 3 is 1.97 bits per heavy atom. The molecule has 6 rings (SSSR count). The van der Waals surface area contributed by atoms with Gasteiger partial charge in [-0.3, -0.25) is 5.32 Å². The van der Waals surface area contributed by atoms with Crippen molar-refractivity contribution in [2.24, 2.45) is 0 Å². The number of carbonyl (C=O) groups excluding carboxylic acids is 1. The quantitative estimate of drug-likeness (QED) is 0.499. The van der Waals surface area contributed by atoms with Gasteiger partial charge in [0.15, 0.2) is 5.13 Å². The van der Waals surface area contributed by atoms with Gasteiger partial charge in [0.25, 0.3) is 0 Å². The minimum absolute atomic E-state index is 0.124. The van der Waals surface area contributed by atoms with Gasteiger partial charge in [-0.05, 0) is 37.8 Å². The minimum atomic E-state index is -0.124. The molecule has 2 aromatic heterocycles. The summed E-state index contributed by atoms with van der Waals surface area (Å²) < 4.78 is 0. The minimum Gasteiger partial charge on any atom is -0.356 e. The summed E-state index contributed by atoms with van der Waals surface area (Å²) in [5.74, 6) is 2.84. The molecule has 3 aromatic rings. The molecular weight excluding hydrogens is 508 g/mol. The molecule has 3 saturated heterocycles. The number of halogens is 1. The number of piperazine rings is 1. The van der Waals surface area contributed by atoms with Crippen LogP contribution in [0.1, 0.15) is 25.7 Å². The summed E-state index contributed by atoms with van der Waals surface area (Å²) in [5.41, 5.74) is 1.80. The Hall–Kier alpha value is -3.11. The first kappa shape index (κ1) is 24.2. The Morgan fingerprint density at radius 2 is 1.38 bits per heavy atom. The van der Waals surface area contributed by atoms with E-state index in [1.165, 1.54) is 37.0 Å². The number of hydrogen-bond acceptors (Lipinski definition) is 8. The van der Waals surface area contributed by atoms with E-state index in [0.717, 1.165) is 55.0 Å². The third-order valence-electron chi connectivity index (χ3n) is 7.26.